The molecule has 9 nitrogen and oxygen atoms in total. The molecule has 198 valence electrons. The first-order valence-electron chi connectivity index (χ1n) is 12.1. The van der Waals surface area contributed by atoms with Crippen LogP contribution in [0.4, 0.5) is 10.2 Å². The predicted molar refractivity (Wildman–Crippen MR) is 138 cm³/mol. The summed E-state index contributed by atoms with van der Waals surface area (Å²) in [5, 5.41) is 5.77. The maximum atomic E-state index is 14.5. The van der Waals surface area contributed by atoms with E-state index in [9.17, 15) is 17.6 Å². The molecule has 0 spiro atoms. The van der Waals surface area contributed by atoms with Crippen molar-refractivity contribution in [3.05, 3.63) is 54.0 Å². The number of H-pyrrole nitrogens is 1. The molecule has 0 bridgehead atoms. The van der Waals surface area contributed by atoms with Crippen LogP contribution in [-0.2, 0) is 10.0 Å². The molecule has 3 heterocycles. The van der Waals surface area contributed by atoms with Gasteiger partial charge in [-0.1, -0.05) is 20.8 Å². The van der Waals surface area contributed by atoms with Gasteiger partial charge in [-0.05, 0) is 62.4 Å². The van der Waals surface area contributed by atoms with Gasteiger partial charge < -0.3 is 9.64 Å². The summed E-state index contributed by atoms with van der Waals surface area (Å²) in [6.45, 7) is 11.3. The van der Waals surface area contributed by atoms with Gasteiger partial charge in [0.15, 0.2) is 5.03 Å². The Hall–Kier alpha value is -3.47. The summed E-state index contributed by atoms with van der Waals surface area (Å²) in [5.41, 5.74) is 0.687. The minimum Gasteiger partial charge on any atom is -0.493 e. The van der Waals surface area contributed by atoms with Gasteiger partial charge in [0, 0.05) is 23.7 Å². The van der Waals surface area contributed by atoms with Crippen molar-refractivity contribution in [2.45, 2.75) is 51.6 Å². The fourth-order valence-corrected chi connectivity index (χ4v) is 5.51. The number of aromatic amines is 1. The molecule has 2 aromatic heterocycles. The first kappa shape index (κ1) is 26.6. The van der Waals surface area contributed by atoms with E-state index >= 15 is 0 Å². The first-order valence-corrected chi connectivity index (χ1v) is 13.6. The van der Waals surface area contributed by atoms with Crippen LogP contribution in [0.1, 0.15) is 51.4 Å². The largest absolute Gasteiger partial charge is 0.493 e. The van der Waals surface area contributed by atoms with Crippen molar-refractivity contribution in [1.82, 2.24) is 19.9 Å². The Balaban J connectivity index is 1.76. The number of benzene rings is 1. The number of nitrogens with zero attached hydrogens (tertiary/aromatic N) is 3. The van der Waals surface area contributed by atoms with Gasteiger partial charge in [0.1, 0.15) is 17.4 Å². The second-order valence-electron chi connectivity index (χ2n) is 10.5. The number of nitrogens with one attached hydrogen (secondary N) is 2. The zero-order chi connectivity index (χ0) is 27.0. The number of halogens is 1. The Labute approximate surface area is 216 Å². The van der Waals surface area contributed by atoms with Crippen LogP contribution in [0.25, 0.3) is 11.3 Å². The summed E-state index contributed by atoms with van der Waals surface area (Å²) in [4.78, 5) is 20.0. The fraction of sp³-hybridized carbons (Fsp3) is 0.423. The van der Waals surface area contributed by atoms with Crippen LogP contribution in [-0.4, -0.2) is 48.2 Å². The van der Waals surface area contributed by atoms with E-state index in [1.807, 2.05) is 32.6 Å². The Morgan fingerprint density at radius 1 is 1.27 bits per heavy atom. The second-order valence-corrected chi connectivity index (χ2v) is 12.2. The number of hydrogen-bond donors (Lipinski definition) is 2. The molecule has 0 saturated carbocycles. The summed E-state index contributed by atoms with van der Waals surface area (Å²) in [6, 6.07) is 8.74. The molecule has 1 saturated heterocycles. The summed E-state index contributed by atoms with van der Waals surface area (Å²) in [6.07, 6.45) is 2.15. The maximum absolute atomic E-state index is 14.5. The lowest BCUT2D eigenvalue weighted by Crippen LogP contribution is -2.41. The van der Waals surface area contributed by atoms with Crippen LogP contribution >= 0.6 is 0 Å². The van der Waals surface area contributed by atoms with Gasteiger partial charge in [0.05, 0.1) is 24.1 Å². The lowest BCUT2D eigenvalue weighted by Gasteiger charge is -2.34. The topological polar surface area (TPSA) is 117 Å². The van der Waals surface area contributed by atoms with Crippen molar-refractivity contribution in [1.29, 1.82) is 0 Å². The number of ether oxygens (including phenoxy) is 1. The quantitative estimate of drug-likeness (QED) is 0.444. The van der Waals surface area contributed by atoms with Gasteiger partial charge in [-0.2, -0.15) is 13.5 Å². The number of pyridine rings is 1. The molecule has 1 aromatic carbocycles. The molecule has 0 radical (unpaired) electrons. The summed E-state index contributed by atoms with van der Waals surface area (Å²) < 4.78 is 47.6. The fourth-order valence-electron chi connectivity index (χ4n) is 4.63. The van der Waals surface area contributed by atoms with E-state index in [2.05, 4.69) is 21.8 Å². The number of hydrogen-bond acceptors (Lipinski definition) is 7. The Morgan fingerprint density at radius 2 is 2.03 bits per heavy atom. The normalized spacial score (nSPS) is 17.3. The molecule has 4 rings (SSSR count). The summed E-state index contributed by atoms with van der Waals surface area (Å²) >= 11 is 0. The van der Waals surface area contributed by atoms with Crippen LogP contribution < -0.4 is 14.4 Å². The Morgan fingerprint density at radius 3 is 2.65 bits per heavy atom. The minimum atomic E-state index is -4.16. The maximum Gasteiger partial charge on any atom is 0.281 e. The van der Waals surface area contributed by atoms with Gasteiger partial charge in [0.25, 0.3) is 15.9 Å². The number of amides is 1. The summed E-state index contributed by atoms with van der Waals surface area (Å²) in [5.74, 6) is 0.0242. The van der Waals surface area contributed by atoms with Crippen LogP contribution in [0.3, 0.4) is 0 Å². The number of sulfonamides is 1. The number of anilines is 1. The van der Waals surface area contributed by atoms with Crippen molar-refractivity contribution >= 4 is 21.7 Å². The zero-order valence-electron chi connectivity index (χ0n) is 21.6. The van der Waals surface area contributed by atoms with E-state index in [0.717, 1.165) is 6.42 Å². The highest BCUT2D eigenvalue weighted by molar-refractivity contribution is 7.90. The molecular weight excluding hydrogens is 497 g/mol. The monoisotopic (exact) mass is 529 g/mol. The molecule has 11 heteroatoms. The van der Waals surface area contributed by atoms with Gasteiger partial charge in [-0.3, -0.25) is 9.89 Å². The van der Waals surface area contributed by atoms with E-state index in [0.29, 0.717) is 41.9 Å². The van der Waals surface area contributed by atoms with Crippen molar-refractivity contribution in [2.75, 3.05) is 18.1 Å². The molecule has 0 unspecified atom stereocenters. The third kappa shape index (κ3) is 5.93. The second kappa shape index (κ2) is 10.1. The molecule has 2 N–H and O–H groups in total. The van der Waals surface area contributed by atoms with Crippen LogP contribution in [0.2, 0.25) is 0 Å². The van der Waals surface area contributed by atoms with E-state index < -0.39 is 21.7 Å². The third-order valence-electron chi connectivity index (χ3n) is 6.19. The number of carbonyl (C=O) groups is 1. The third-order valence-corrected chi connectivity index (χ3v) is 7.45. The van der Waals surface area contributed by atoms with Gasteiger partial charge >= 0.3 is 0 Å². The van der Waals surface area contributed by atoms with E-state index in [1.54, 1.807) is 12.1 Å². The van der Waals surface area contributed by atoms with Crippen LogP contribution in [0.5, 0.6) is 5.75 Å². The van der Waals surface area contributed by atoms with Crippen molar-refractivity contribution in [3.8, 4) is 17.0 Å². The molecule has 1 aliphatic rings. The molecular formula is C26H32FN5O4S. The summed E-state index contributed by atoms with van der Waals surface area (Å²) in [7, 11) is -4.16. The predicted octanol–water partition coefficient (Wildman–Crippen LogP) is 4.39. The van der Waals surface area contributed by atoms with E-state index in [4.69, 9.17) is 9.72 Å². The Bertz CT molecular complexity index is 1390. The Kier molecular flexibility index (Phi) is 7.27. The smallest absolute Gasteiger partial charge is 0.281 e. The first-order chi connectivity index (χ1) is 17.4. The van der Waals surface area contributed by atoms with Crippen molar-refractivity contribution in [2.24, 2.45) is 11.8 Å². The van der Waals surface area contributed by atoms with E-state index in [-0.39, 0.29) is 22.0 Å². The van der Waals surface area contributed by atoms with Crippen LogP contribution in [0.15, 0.2) is 47.6 Å². The number of carbonyl (C=O) groups excluding carboxylic acids is 1. The van der Waals surface area contributed by atoms with Gasteiger partial charge in [-0.15, -0.1) is 0 Å². The van der Waals surface area contributed by atoms with Crippen molar-refractivity contribution in [3.63, 3.8) is 0 Å². The van der Waals surface area contributed by atoms with Crippen molar-refractivity contribution < 1.29 is 22.3 Å². The highest BCUT2D eigenvalue weighted by Gasteiger charge is 2.39. The molecule has 1 amide bonds. The minimum absolute atomic E-state index is 0.0988. The van der Waals surface area contributed by atoms with Gasteiger partial charge in [-0.25, -0.2) is 14.1 Å². The zero-order valence-corrected chi connectivity index (χ0v) is 22.4. The standard InChI is InChI=1S/C26H32FN5O4S/c1-16(2)15-36-20-11-18(10-19(27)12-20)22-7-6-21(24(29-22)32-14-17(3)13-26(32,4)5)25(33)31-37(34,35)23-8-9-28-30-23/h6-12,16-17H,13-15H2,1-5H3,(H,28,30)(H,31,33)/t17-/m0/s1. The molecule has 1 fully saturated rings. The lowest BCUT2D eigenvalue weighted by molar-refractivity contribution is 0.0981. The van der Waals surface area contributed by atoms with E-state index in [1.165, 1.54) is 30.5 Å². The van der Waals surface area contributed by atoms with Gasteiger partial charge in [0.2, 0.25) is 0 Å². The highest BCUT2D eigenvalue weighted by Crippen LogP contribution is 2.38. The molecule has 37 heavy (non-hydrogen) atoms. The number of aromatic nitrogens is 3. The number of rotatable bonds is 8. The molecule has 1 atom stereocenters. The average Bonchev–Trinajstić information content (AvgIpc) is 3.44. The lowest BCUT2D eigenvalue weighted by atomic mass is 9.97. The molecule has 1 aliphatic heterocycles. The highest BCUT2D eigenvalue weighted by atomic mass is 32.2. The average molecular weight is 530 g/mol. The molecule has 3 aromatic rings. The molecule has 0 aliphatic carbocycles. The van der Waals surface area contributed by atoms with Crippen LogP contribution in [0, 0.1) is 17.7 Å². The SMILES string of the molecule is CC(C)COc1cc(F)cc(-c2ccc(C(=O)NS(=O)(=O)c3ccn[nH]3)c(N3C[C@@H](C)CC3(C)C)n2)c1.